The molecule has 1 aliphatic carbocycles. The van der Waals surface area contributed by atoms with Crippen LogP contribution < -0.4 is 5.32 Å². The molecule has 1 unspecified atom stereocenters. The van der Waals surface area contributed by atoms with Crippen molar-refractivity contribution in [3.8, 4) is 0 Å². The molecule has 4 heteroatoms. The molecule has 18 heavy (non-hydrogen) atoms. The van der Waals surface area contributed by atoms with E-state index in [9.17, 15) is 4.79 Å². The highest BCUT2D eigenvalue weighted by Crippen LogP contribution is 2.19. The normalized spacial score (nSPS) is 18.0. The molecule has 0 saturated carbocycles. The van der Waals surface area contributed by atoms with E-state index in [0.717, 1.165) is 24.2 Å². The van der Waals surface area contributed by atoms with Crippen LogP contribution in [-0.4, -0.2) is 15.9 Å². The second-order valence-electron chi connectivity index (χ2n) is 4.81. The van der Waals surface area contributed by atoms with Crippen LogP contribution in [0.1, 0.15) is 36.5 Å². The number of carbonyl (C=O) groups excluding carboxylic acids is 1. The summed E-state index contributed by atoms with van der Waals surface area (Å²) >= 11 is 0. The lowest BCUT2D eigenvalue weighted by Crippen LogP contribution is -2.25. The van der Waals surface area contributed by atoms with E-state index in [1.54, 1.807) is 0 Å². The number of hydrogen-bond acceptors (Lipinski definition) is 3. The first kappa shape index (κ1) is 12.7. The van der Waals surface area contributed by atoms with E-state index in [0.29, 0.717) is 24.7 Å². The Morgan fingerprint density at radius 1 is 1.39 bits per heavy atom. The van der Waals surface area contributed by atoms with Crippen molar-refractivity contribution in [2.45, 2.75) is 39.7 Å². The predicted octanol–water partition coefficient (Wildman–Crippen LogP) is 2.07. The highest BCUT2D eigenvalue weighted by Gasteiger charge is 2.13. The monoisotopic (exact) mass is 245 g/mol. The molecular formula is C14H19N3O. The molecule has 1 N–H and O–H groups in total. The van der Waals surface area contributed by atoms with Crippen LogP contribution in [0.3, 0.4) is 0 Å². The standard InChI is InChI=1S/C14H19N3O/c1-10-7-11(2)17-13(16-10)9-15-14(18)8-12-5-3-4-6-12/h3,5,7,12H,4,6,8-9H2,1-2H3,(H,15,18). The van der Waals surface area contributed by atoms with Crippen LogP contribution in [0.25, 0.3) is 0 Å². The van der Waals surface area contributed by atoms with Gasteiger partial charge in [-0.25, -0.2) is 9.97 Å². The quantitative estimate of drug-likeness (QED) is 0.826. The average Bonchev–Trinajstić information content (AvgIpc) is 2.78. The van der Waals surface area contributed by atoms with Crippen LogP contribution in [-0.2, 0) is 11.3 Å². The van der Waals surface area contributed by atoms with Crippen LogP contribution in [0.5, 0.6) is 0 Å². The van der Waals surface area contributed by atoms with Gasteiger partial charge < -0.3 is 5.32 Å². The topological polar surface area (TPSA) is 54.9 Å². The number of rotatable bonds is 4. The number of nitrogens with one attached hydrogen (secondary N) is 1. The Labute approximate surface area is 108 Å². The Balaban J connectivity index is 1.83. The summed E-state index contributed by atoms with van der Waals surface area (Å²) in [7, 11) is 0. The van der Waals surface area contributed by atoms with Gasteiger partial charge in [0.2, 0.25) is 5.91 Å². The number of aromatic nitrogens is 2. The van der Waals surface area contributed by atoms with E-state index in [1.807, 2.05) is 19.9 Å². The van der Waals surface area contributed by atoms with Crippen LogP contribution in [0, 0.1) is 19.8 Å². The molecule has 0 bridgehead atoms. The molecule has 96 valence electrons. The highest BCUT2D eigenvalue weighted by atomic mass is 16.1. The van der Waals surface area contributed by atoms with E-state index < -0.39 is 0 Å². The maximum atomic E-state index is 11.7. The van der Waals surface area contributed by atoms with Gasteiger partial charge in [-0.2, -0.15) is 0 Å². The Kier molecular flexibility index (Phi) is 4.07. The smallest absolute Gasteiger partial charge is 0.220 e. The van der Waals surface area contributed by atoms with E-state index in [2.05, 4.69) is 27.4 Å². The largest absolute Gasteiger partial charge is 0.349 e. The maximum Gasteiger partial charge on any atom is 0.220 e. The molecule has 1 aromatic rings. The lowest BCUT2D eigenvalue weighted by molar-refractivity contribution is -0.121. The molecule has 1 atom stereocenters. The van der Waals surface area contributed by atoms with Crippen molar-refractivity contribution in [3.05, 3.63) is 35.4 Å². The van der Waals surface area contributed by atoms with Crippen molar-refractivity contribution in [1.29, 1.82) is 0 Å². The molecule has 4 nitrogen and oxygen atoms in total. The second-order valence-corrected chi connectivity index (χ2v) is 4.81. The van der Waals surface area contributed by atoms with Crippen molar-refractivity contribution in [2.75, 3.05) is 0 Å². The van der Waals surface area contributed by atoms with Gasteiger partial charge in [0.25, 0.3) is 0 Å². The third kappa shape index (κ3) is 3.65. The third-order valence-corrected chi connectivity index (χ3v) is 3.03. The fourth-order valence-electron chi connectivity index (χ4n) is 2.23. The molecule has 0 aromatic carbocycles. The summed E-state index contributed by atoms with van der Waals surface area (Å²) in [5.41, 5.74) is 1.87. The molecule has 1 aromatic heterocycles. The molecule has 0 saturated heterocycles. The number of amides is 1. The first-order valence-corrected chi connectivity index (χ1v) is 6.38. The minimum absolute atomic E-state index is 0.0781. The van der Waals surface area contributed by atoms with Gasteiger partial charge in [-0.05, 0) is 38.7 Å². The van der Waals surface area contributed by atoms with Gasteiger partial charge in [-0.1, -0.05) is 12.2 Å². The first-order chi connectivity index (χ1) is 8.63. The van der Waals surface area contributed by atoms with Crippen LogP contribution >= 0.6 is 0 Å². The molecule has 0 aliphatic heterocycles. The summed E-state index contributed by atoms with van der Waals surface area (Å²) in [4.78, 5) is 20.3. The summed E-state index contributed by atoms with van der Waals surface area (Å²) in [6.07, 6.45) is 7.03. The molecule has 1 aliphatic rings. The van der Waals surface area contributed by atoms with Gasteiger partial charge in [-0.15, -0.1) is 0 Å². The summed E-state index contributed by atoms with van der Waals surface area (Å²) in [5, 5.41) is 2.88. The molecule has 0 spiro atoms. The van der Waals surface area contributed by atoms with Crippen molar-refractivity contribution in [1.82, 2.24) is 15.3 Å². The minimum atomic E-state index is 0.0781. The van der Waals surface area contributed by atoms with E-state index in [-0.39, 0.29) is 5.91 Å². The van der Waals surface area contributed by atoms with Gasteiger partial charge in [-0.3, -0.25) is 4.79 Å². The summed E-state index contributed by atoms with van der Waals surface area (Å²) in [6, 6.07) is 1.93. The molecule has 0 radical (unpaired) electrons. The molecule has 1 amide bonds. The zero-order chi connectivity index (χ0) is 13.0. The van der Waals surface area contributed by atoms with E-state index >= 15 is 0 Å². The second kappa shape index (κ2) is 5.76. The zero-order valence-electron chi connectivity index (χ0n) is 10.9. The van der Waals surface area contributed by atoms with Gasteiger partial charge in [0.15, 0.2) is 0 Å². The molecule has 0 fully saturated rings. The lowest BCUT2D eigenvalue weighted by atomic mass is 10.1. The van der Waals surface area contributed by atoms with Crippen molar-refractivity contribution >= 4 is 5.91 Å². The van der Waals surface area contributed by atoms with E-state index in [4.69, 9.17) is 0 Å². The van der Waals surface area contributed by atoms with Crippen molar-refractivity contribution in [2.24, 2.45) is 5.92 Å². The number of nitrogens with zero attached hydrogens (tertiary/aromatic N) is 2. The Morgan fingerprint density at radius 3 is 2.72 bits per heavy atom. The SMILES string of the molecule is Cc1cc(C)nc(CNC(=O)CC2C=CCC2)n1. The van der Waals surface area contributed by atoms with Crippen molar-refractivity contribution in [3.63, 3.8) is 0 Å². The molecule has 2 rings (SSSR count). The van der Waals surface area contributed by atoms with Gasteiger partial charge in [0.05, 0.1) is 6.54 Å². The average molecular weight is 245 g/mol. The summed E-state index contributed by atoms with van der Waals surface area (Å²) in [5.74, 6) is 1.17. The van der Waals surface area contributed by atoms with Crippen LogP contribution in [0.15, 0.2) is 18.2 Å². The van der Waals surface area contributed by atoms with Crippen LogP contribution in [0.4, 0.5) is 0 Å². The molecular weight excluding hydrogens is 226 g/mol. The summed E-state index contributed by atoms with van der Waals surface area (Å²) in [6.45, 7) is 4.28. The number of hydrogen-bond donors (Lipinski definition) is 1. The molecule has 1 heterocycles. The predicted molar refractivity (Wildman–Crippen MR) is 69.8 cm³/mol. The van der Waals surface area contributed by atoms with Gasteiger partial charge in [0, 0.05) is 17.8 Å². The number of carbonyl (C=O) groups is 1. The van der Waals surface area contributed by atoms with Crippen LogP contribution in [0.2, 0.25) is 0 Å². The van der Waals surface area contributed by atoms with E-state index in [1.165, 1.54) is 0 Å². The Hall–Kier alpha value is -1.71. The maximum absolute atomic E-state index is 11.7. The fourth-order valence-corrected chi connectivity index (χ4v) is 2.23. The Morgan fingerprint density at radius 2 is 2.11 bits per heavy atom. The first-order valence-electron chi connectivity index (χ1n) is 6.38. The number of aryl methyl sites for hydroxylation is 2. The highest BCUT2D eigenvalue weighted by molar-refractivity contribution is 5.76. The third-order valence-electron chi connectivity index (χ3n) is 3.03. The summed E-state index contributed by atoms with van der Waals surface area (Å²) < 4.78 is 0. The number of allylic oxidation sites excluding steroid dienone is 2. The zero-order valence-corrected chi connectivity index (χ0v) is 10.9. The minimum Gasteiger partial charge on any atom is -0.349 e. The van der Waals surface area contributed by atoms with Crippen molar-refractivity contribution < 1.29 is 4.79 Å². The lowest BCUT2D eigenvalue weighted by Gasteiger charge is -2.08. The van der Waals surface area contributed by atoms with Gasteiger partial charge >= 0.3 is 0 Å². The Bertz CT molecular complexity index is 448. The fraction of sp³-hybridized carbons (Fsp3) is 0.500. The van der Waals surface area contributed by atoms with Gasteiger partial charge in [0.1, 0.15) is 5.82 Å².